The fourth-order valence-corrected chi connectivity index (χ4v) is 5.80. The van der Waals surface area contributed by atoms with E-state index in [1.165, 1.54) is 12.1 Å². The van der Waals surface area contributed by atoms with Gasteiger partial charge in [-0.25, -0.2) is 9.18 Å². The monoisotopic (exact) mass is 586 g/mol. The Balaban J connectivity index is 1.17. The lowest BCUT2D eigenvalue weighted by Gasteiger charge is -2.41. The van der Waals surface area contributed by atoms with Crippen molar-refractivity contribution >= 4 is 46.5 Å². The van der Waals surface area contributed by atoms with Crippen LogP contribution in [0.5, 0.6) is 5.75 Å². The highest BCUT2D eigenvalue weighted by atomic mass is 35.5. The molecule has 39 heavy (non-hydrogen) atoms. The van der Waals surface area contributed by atoms with Crippen molar-refractivity contribution in [2.24, 2.45) is 0 Å². The van der Waals surface area contributed by atoms with E-state index in [4.69, 9.17) is 44.1 Å². The van der Waals surface area contributed by atoms with E-state index < -0.39 is 11.8 Å². The van der Waals surface area contributed by atoms with E-state index in [2.05, 4.69) is 5.16 Å². The predicted molar refractivity (Wildman–Crippen MR) is 148 cm³/mol. The molecule has 2 aliphatic rings. The summed E-state index contributed by atoms with van der Waals surface area (Å²) in [6, 6.07) is 14.7. The van der Waals surface area contributed by atoms with Crippen LogP contribution in [0.4, 0.5) is 10.1 Å². The second-order valence-electron chi connectivity index (χ2n) is 9.82. The number of hydrogen-bond donors (Lipinski definition) is 1. The summed E-state index contributed by atoms with van der Waals surface area (Å²) in [6.45, 7) is 1.40. The van der Waals surface area contributed by atoms with Crippen LogP contribution in [0.25, 0.3) is 11.3 Å². The maximum atomic E-state index is 13.9. The summed E-state index contributed by atoms with van der Waals surface area (Å²) in [5.41, 5.74) is 3.42. The number of aromatic nitrogens is 1. The number of carboxylic acids is 1. The van der Waals surface area contributed by atoms with E-state index in [1.807, 2.05) is 17.0 Å². The third-order valence-electron chi connectivity index (χ3n) is 7.14. The first-order valence-corrected chi connectivity index (χ1v) is 13.6. The van der Waals surface area contributed by atoms with Gasteiger partial charge >= 0.3 is 5.97 Å². The van der Waals surface area contributed by atoms with Crippen molar-refractivity contribution in [2.75, 3.05) is 18.0 Å². The lowest BCUT2D eigenvalue weighted by Crippen LogP contribution is -2.45. The summed E-state index contributed by atoms with van der Waals surface area (Å²) in [7, 11) is 0. The van der Waals surface area contributed by atoms with Crippen LogP contribution in [-0.4, -0.2) is 29.3 Å². The molecule has 0 amide bonds. The quantitative estimate of drug-likeness (QED) is 0.224. The molecule has 0 radical (unpaired) electrons. The fourth-order valence-electron chi connectivity index (χ4n) is 4.90. The minimum atomic E-state index is -1.16. The third kappa shape index (κ3) is 5.19. The van der Waals surface area contributed by atoms with E-state index in [9.17, 15) is 14.3 Å². The molecule has 1 N–H and O–H groups in total. The van der Waals surface area contributed by atoms with Gasteiger partial charge in [-0.2, -0.15) is 0 Å². The summed E-state index contributed by atoms with van der Waals surface area (Å²) >= 11 is 19.5. The summed E-state index contributed by atoms with van der Waals surface area (Å²) in [5, 5.41) is 15.0. The molecule has 4 aromatic rings. The van der Waals surface area contributed by atoms with Gasteiger partial charge in [0.05, 0.1) is 21.2 Å². The van der Waals surface area contributed by atoms with Gasteiger partial charge in [0.1, 0.15) is 29.6 Å². The fraction of sp³-hybridized carbons (Fsp3) is 0.241. The molecule has 0 bridgehead atoms. The van der Waals surface area contributed by atoms with Crippen LogP contribution in [0.2, 0.25) is 15.1 Å². The summed E-state index contributed by atoms with van der Waals surface area (Å²) in [5.74, 6) is 0.0754. The Hall–Kier alpha value is -3.26. The van der Waals surface area contributed by atoms with Gasteiger partial charge in [-0.1, -0.05) is 52.1 Å². The average molecular weight is 588 g/mol. The molecule has 1 saturated carbocycles. The van der Waals surface area contributed by atoms with Crippen LogP contribution >= 0.6 is 34.8 Å². The zero-order valence-corrected chi connectivity index (χ0v) is 22.7. The summed E-state index contributed by atoms with van der Waals surface area (Å²) < 4.78 is 25.7. The number of nitrogens with zero attached hydrogens (tertiary/aromatic N) is 2. The molecule has 2 fully saturated rings. The highest BCUT2D eigenvalue weighted by Crippen LogP contribution is 2.46. The first-order chi connectivity index (χ1) is 18.8. The van der Waals surface area contributed by atoms with E-state index in [-0.39, 0.29) is 18.1 Å². The number of aromatic carboxylic acids is 1. The van der Waals surface area contributed by atoms with Crippen LogP contribution in [0.1, 0.15) is 51.9 Å². The standard InChI is InChI=1S/C29H22Cl3FN2O4/c30-23-2-1-3-24(31)26(23)27-22(28(39-34-27)15-4-5-15)14-38-20-6-7-21(25(32)11-20)17-12-35(13-17)19-9-16(29(36)37)8-18(33)10-19/h1-3,6-11,15,17H,4-5,12-14H2,(H,36,37). The second kappa shape index (κ2) is 10.4. The second-order valence-corrected chi connectivity index (χ2v) is 11.0. The van der Waals surface area contributed by atoms with Crippen LogP contribution in [-0.2, 0) is 6.61 Å². The third-order valence-corrected chi connectivity index (χ3v) is 8.09. The molecule has 200 valence electrons. The Kier molecular flexibility index (Phi) is 6.91. The van der Waals surface area contributed by atoms with Gasteiger partial charge in [0.2, 0.25) is 0 Å². The van der Waals surface area contributed by atoms with Crippen LogP contribution in [0, 0.1) is 5.82 Å². The van der Waals surface area contributed by atoms with E-state index in [0.29, 0.717) is 56.8 Å². The largest absolute Gasteiger partial charge is 0.489 e. The van der Waals surface area contributed by atoms with Crippen molar-refractivity contribution < 1.29 is 23.6 Å². The number of ether oxygens (including phenoxy) is 1. The number of carbonyl (C=O) groups is 1. The van der Waals surface area contributed by atoms with Crippen LogP contribution < -0.4 is 9.64 Å². The molecule has 10 heteroatoms. The minimum Gasteiger partial charge on any atom is -0.489 e. The number of carboxylic acid groups (broad SMARTS) is 1. The number of benzene rings is 3. The lowest BCUT2D eigenvalue weighted by molar-refractivity contribution is 0.0696. The number of anilines is 1. The van der Waals surface area contributed by atoms with E-state index >= 15 is 0 Å². The number of rotatable bonds is 8. The Labute approximate surface area is 238 Å². The van der Waals surface area contributed by atoms with Gasteiger partial charge in [-0.05, 0) is 60.9 Å². The molecule has 6 nitrogen and oxygen atoms in total. The van der Waals surface area contributed by atoms with Crippen molar-refractivity contribution in [2.45, 2.75) is 31.3 Å². The molecule has 0 unspecified atom stereocenters. The van der Waals surface area contributed by atoms with Crippen molar-refractivity contribution in [3.8, 4) is 17.0 Å². The molecule has 1 aromatic heterocycles. The number of hydrogen-bond acceptors (Lipinski definition) is 5. The summed E-state index contributed by atoms with van der Waals surface area (Å²) in [6.07, 6.45) is 2.06. The van der Waals surface area contributed by atoms with Gasteiger partial charge in [-0.3, -0.25) is 0 Å². The molecule has 0 spiro atoms. The first-order valence-electron chi connectivity index (χ1n) is 12.4. The van der Waals surface area contributed by atoms with Crippen LogP contribution in [0.15, 0.2) is 59.1 Å². The van der Waals surface area contributed by atoms with E-state index in [1.54, 1.807) is 24.3 Å². The number of halogens is 4. The Morgan fingerprint density at radius 3 is 2.44 bits per heavy atom. The maximum absolute atomic E-state index is 13.9. The van der Waals surface area contributed by atoms with Gasteiger partial charge in [0.15, 0.2) is 0 Å². The highest BCUT2D eigenvalue weighted by Gasteiger charge is 2.34. The molecular weight excluding hydrogens is 566 g/mol. The Bertz CT molecular complexity index is 1560. The van der Waals surface area contributed by atoms with Gasteiger partial charge in [-0.15, -0.1) is 0 Å². The lowest BCUT2D eigenvalue weighted by atomic mass is 9.90. The Morgan fingerprint density at radius 1 is 1.03 bits per heavy atom. The highest BCUT2D eigenvalue weighted by molar-refractivity contribution is 6.39. The Morgan fingerprint density at radius 2 is 1.77 bits per heavy atom. The normalized spacial score (nSPS) is 15.3. The van der Waals surface area contributed by atoms with Crippen LogP contribution in [0.3, 0.4) is 0 Å². The zero-order valence-electron chi connectivity index (χ0n) is 20.5. The van der Waals surface area contributed by atoms with Crippen molar-refractivity contribution in [3.05, 3.63) is 97.9 Å². The molecule has 1 saturated heterocycles. The molecule has 0 atom stereocenters. The maximum Gasteiger partial charge on any atom is 0.335 e. The molecule has 1 aliphatic carbocycles. The molecule has 6 rings (SSSR count). The van der Waals surface area contributed by atoms with Gasteiger partial charge in [0, 0.05) is 41.2 Å². The van der Waals surface area contributed by atoms with Crippen molar-refractivity contribution in [1.29, 1.82) is 0 Å². The minimum absolute atomic E-state index is 0.0781. The van der Waals surface area contributed by atoms with Gasteiger partial charge < -0.3 is 19.3 Å². The molecular formula is C29H22Cl3FN2O4. The van der Waals surface area contributed by atoms with Crippen molar-refractivity contribution in [3.63, 3.8) is 0 Å². The van der Waals surface area contributed by atoms with Gasteiger partial charge in [0.25, 0.3) is 0 Å². The zero-order chi connectivity index (χ0) is 27.3. The molecule has 1 aliphatic heterocycles. The van der Waals surface area contributed by atoms with Crippen molar-refractivity contribution in [1.82, 2.24) is 5.16 Å². The molecule has 3 aromatic carbocycles. The predicted octanol–water partition coefficient (Wildman–Crippen LogP) is 8.20. The van der Waals surface area contributed by atoms with E-state index in [0.717, 1.165) is 35.8 Å². The molecule has 2 heterocycles. The topological polar surface area (TPSA) is 75.8 Å². The summed E-state index contributed by atoms with van der Waals surface area (Å²) in [4.78, 5) is 13.2. The first kappa shape index (κ1) is 26.0. The smallest absolute Gasteiger partial charge is 0.335 e. The SMILES string of the molecule is O=C(O)c1cc(F)cc(N2CC(c3ccc(OCc4c(-c5c(Cl)cccc5Cl)noc4C4CC4)cc3Cl)C2)c1. The average Bonchev–Trinajstić information content (AvgIpc) is 3.63.